The van der Waals surface area contributed by atoms with Gasteiger partial charge in [0.15, 0.2) is 5.82 Å². The third kappa shape index (κ3) is 2.09. The van der Waals surface area contributed by atoms with E-state index in [2.05, 4.69) is 19.9 Å². The number of aromatic amines is 1. The van der Waals surface area contributed by atoms with Gasteiger partial charge in [0, 0.05) is 0 Å². The van der Waals surface area contributed by atoms with E-state index in [1.54, 1.807) is 18.2 Å². The van der Waals surface area contributed by atoms with Gasteiger partial charge in [0.2, 0.25) is 0 Å². The van der Waals surface area contributed by atoms with Crippen molar-refractivity contribution in [1.82, 2.24) is 15.2 Å². The second-order valence-corrected chi connectivity index (χ2v) is 2.71. The van der Waals surface area contributed by atoms with E-state index in [4.69, 9.17) is 0 Å². The van der Waals surface area contributed by atoms with E-state index in [1.165, 1.54) is 12.4 Å². The smallest absolute Gasteiger partial charge is 0.387 e. The predicted molar refractivity (Wildman–Crippen MR) is 48.5 cm³/mol. The normalized spacial score (nSPS) is 10.6. The van der Waals surface area contributed by atoms with Crippen LogP contribution in [-0.2, 0) is 0 Å². The summed E-state index contributed by atoms with van der Waals surface area (Å²) in [5.74, 6) is 0.468. The Morgan fingerprint density at radius 1 is 1.27 bits per heavy atom. The zero-order valence-electron chi connectivity index (χ0n) is 7.52. The molecular weight excluding hydrogens is 204 g/mol. The molecule has 2 aromatic rings. The molecular formula is C9H7F2N3O. The highest BCUT2D eigenvalue weighted by atomic mass is 19.3. The van der Waals surface area contributed by atoms with Crippen LogP contribution in [0.15, 0.2) is 30.6 Å². The molecule has 0 fully saturated rings. The fourth-order valence-corrected chi connectivity index (χ4v) is 1.20. The van der Waals surface area contributed by atoms with Crippen molar-refractivity contribution in [3.8, 4) is 17.1 Å². The zero-order chi connectivity index (χ0) is 10.7. The van der Waals surface area contributed by atoms with Crippen molar-refractivity contribution in [3.63, 3.8) is 0 Å². The van der Waals surface area contributed by atoms with Gasteiger partial charge in [-0.1, -0.05) is 12.1 Å². The van der Waals surface area contributed by atoms with Crippen molar-refractivity contribution < 1.29 is 13.5 Å². The Morgan fingerprint density at radius 2 is 2.07 bits per heavy atom. The standard InChI is InChI=1S/C9H7F2N3O/c10-9(11)15-7-4-2-1-3-6(7)8-12-5-13-14-8/h1-5,9H,(H,12,13,14). The van der Waals surface area contributed by atoms with Gasteiger partial charge < -0.3 is 4.74 Å². The molecule has 0 saturated carbocycles. The lowest BCUT2D eigenvalue weighted by Gasteiger charge is -2.07. The molecule has 0 aliphatic heterocycles. The molecule has 0 aliphatic rings. The number of hydrogen-bond donors (Lipinski definition) is 1. The van der Waals surface area contributed by atoms with Gasteiger partial charge >= 0.3 is 6.61 Å². The van der Waals surface area contributed by atoms with Crippen molar-refractivity contribution in [1.29, 1.82) is 0 Å². The molecule has 0 aliphatic carbocycles. The highest BCUT2D eigenvalue weighted by molar-refractivity contribution is 5.63. The molecule has 1 aromatic carbocycles. The van der Waals surface area contributed by atoms with Crippen LogP contribution in [0.5, 0.6) is 5.75 Å². The molecule has 1 aromatic heterocycles. The number of ether oxygens (including phenoxy) is 1. The van der Waals surface area contributed by atoms with E-state index in [-0.39, 0.29) is 5.75 Å². The van der Waals surface area contributed by atoms with E-state index >= 15 is 0 Å². The third-order valence-corrected chi connectivity index (χ3v) is 1.77. The first-order valence-corrected chi connectivity index (χ1v) is 4.17. The maximum atomic E-state index is 12.1. The van der Waals surface area contributed by atoms with Gasteiger partial charge in [-0.15, -0.1) is 0 Å². The number of benzene rings is 1. The Morgan fingerprint density at radius 3 is 2.73 bits per heavy atom. The molecule has 0 atom stereocenters. The molecule has 0 spiro atoms. The fourth-order valence-electron chi connectivity index (χ4n) is 1.20. The first-order chi connectivity index (χ1) is 7.27. The second kappa shape index (κ2) is 4.04. The minimum absolute atomic E-state index is 0.0734. The number of rotatable bonds is 3. The van der Waals surface area contributed by atoms with Crippen LogP contribution in [0, 0.1) is 0 Å². The fraction of sp³-hybridized carbons (Fsp3) is 0.111. The monoisotopic (exact) mass is 211 g/mol. The average Bonchev–Trinajstić information content (AvgIpc) is 2.70. The molecule has 6 heteroatoms. The molecule has 0 bridgehead atoms. The van der Waals surface area contributed by atoms with E-state index in [9.17, 15) is 8.78 Å². The summed E-state index contributed by atoms with van der Waals surface area (Å²) in [7, 11) is 0. The highest BCUT2D eigenvalue weighted by Gasteiger charge is 2.11. The molecule has 0 radical (unpaired) electrons. The van der Waals surface area contributed by atoms with E-state index in [1.807, 2.05) is 0 Å². The topological polar surface area (TPSA) is 50.8 Å². The van der Waals surface area contributed by atoms with Crippen molar-refractivity contribution >= 4 is 0 Å². The summed E-state index contributed by atoms with van der Waals surface area (Å²) in [5.41, 5.74) is 0.454. The van der Waals surface area contributed by atoms with Crippen molar-refractivity contribution in [3.05, 3.63) is 30.6 Å². The van der Waals surface area contributed by atoms with Crippen LogP contribution in [-0.4, -0.2) is 21.8 Å². The number of hydrogen-bond acceptors (Lipinski definition) is 3. The highest BCUT2D eigenvalue weighted by Crippen LogP contribution is 2.27. The largest absolute Gasteiger partial charge is 0.434 e. The number of aromatic nitrogens is 3. The maximum absolute atomic E-state index is 12.1. The molecule has 1 heterocycles. The van der Waals surface area contributed by atoms with Crippen molar-refractivity contribution in [2.45, 2.75) is 6.61 Å². The summed E-state index contributed by atoms with van der Waals surface area (Å²) in [4.78, 5) is 3.86. The van der Waals surface area contributed by atoms with Gasteiger partial charge in [-0.05, 0) is 12.1 Å². The summed E-state index contributed by atoms with van der Waals surface area (Å²) < 4.78 is 28.5. The second-order valence-electron chi connectivity index (χ2n) is 2.71. The lowest BCUT2D eigenvalue weighted by Crippen LogP contribution is -2.03. The van der Waals surface area contributed by atoms with E-state index < -0.39 is 6.61 Å². The molecule has 15 heavy (non-hydrogen) atoms. The van der Waals surface area contributed by atoms with Crippen LogP contribution in [0.3, 0.4) is 0 Å². The Kier molecular flexibility index (Phi) is 2.57. The number of para-hydroxylation sites is 1. The van der Waals surface area contributed by atoms with Crippen LogP contribution in [0.2, 0.25) is 0 Å². The number of nitrogens with one attached hydrogen (secondary N) is 1. The summed E-state index contributed by atoms with van der Waals surface area (Å²) in [5, 5.41) is 6.22. The van der Waals surface area contributed by atoms with Crippen LogP contribution in [0.25, 0.3) is 11.4 Å². The van der Waals surface area contributed by atoms with E-state index in [0.29, 0.717) is 11.4 Å². The Labute approximate surface area is 83.9 Å². The minimum Gasteiger partial charge on any atom is -0.434 e. The first-order valence-electron chi connectivity index (χ1n) is 4.17. The van der Waals surface area contributed by atoms with E-state index in [0.717, 1.165) is 0 Å². The van der Waals surface area contributed by atoms with Gasteiger partial charge in [-0.2, -0.15) is 13.9 Å². The van der Waals surface area contributed by atoms with Crippen LogP contribution in [0.1, 0.15) is 0 Å². The van der Waals surface area contributed by atoms with Gasteiger partial charge in [0.25, 0.3) is 0 Å². The molecule has 2 rings (SSSR count). The van der Waals surface area contributed by atoms with Crippen LogP contribution < -0.4 is 4.74 Å². The summed E-state index contributed by atoms with van der Waals surface area (Å²) in [6, 6.07) is 6.38. The lowest BCUT2D eigenvalue weighted by molar-refractivity contribution is -0.0494. The quantitative estimate of drug-likeness (QED) is 0.845. The minimum atomic E-state index is -2.85. The van der Waals surface area contributed by atoms with Gasteiger partial charge in [0.05, 0.1) is 5.56 Å². The summed E-state index contributed by atoms with van der Waals surface area (Å²) in [6.45, 7) is -2.85. The van der Waals surface area contributed by atoms with Gasteiger partial charge in [-0.25, -0.2) is 4.98 Å². The first kappa shape index (κ1) is 9.57. The third-order valence-electron chi connectivity index (χ3n) is 1.77. The summed E-state index contributed by atoms with van der Waals surface area (Å²) >= 11 is 0. The molecule has 78 valence electrons. The molecule has 1 N–H and O–H groups in total. The molecule has 0 saturated heterocycles. The van der Waals surface area contributed by atoms with Crippen molar-refractivity contribution in [2.24, 2.45) is 0 Å². The number of alkyl halides is 2. The van der Waals surface area contributed by atoms with Gasteiger partial charge in [0.1, 0.15) is 12.1 Å². The SMILES string of the molecule is FC(F)Oc1ccccc1-c1ncn[nH]1. The van der Waals surface area contributed by atoms with Gasteiger partial charge in [-0.3, -0.25) is 5.10 Å². The molecule has 4 nitrogen and oxygen atoms in total. The summed E-state index contributed by atoms with van der Waals surface area (Å²) in [6.07, 6.45) is 1.30. The maximum Gasteiger partial charge on any atom is 0.387 e. The predicted octanol–water partition coefficient (Wildman–Crippen LogP) is 2.07. The Bertz CT molecular complexity index is 431. The number of nitrogens with zero attached hydrogens (tertiary/aromatic N) is 2. The average molecular weight is 211 g/mol. The zero-order valence-corrected chi connectivity index (χ0v) is 7.52. The number of halogens is 2. The molecule has 0 unspecified atom stereocenters. The Balaban J connectivity index is 2.38. The van der Waals surface area contributed by atoms with Crippen LogP contribution >= 0.6 is 0 Å². The number of H-pyrrole nitrogens is 1. The lowest BCUT2D eigenvalue weighted by atomic mass is 10.2. The van der Waals surface area contributed by atoms with Crippen molar-refractivity contribution in [2.75, 3.05) is 0 Å². The Hall–Kier alpha value is -1.98. The van der Waals surface area contributed by atoms with Crippen LogP contribution in [0.4, 0.5) is 8.78 Å². The molecule has 0 amide bonds.